The first-order chi connectivity index (χ1) is 11.6. The third kappa shape index (κ3) is 3.66. The first-order valence-electron chi connectivity index (χ1n) is 7.31. The van der Waals surface area contributed by atoms with Gasteiger partial charge in [0.15, 0.2) is 11.5 Å². The van der Waals surface area contributed by atoms with Gasteiger partial charge in [-0.2, -0.15) is 0 Å². The summed E-state index contributed by atoms with van der Waals surface area (Å²) in [5.74, 6) is 1.80. The van der Waals surface area contributed by atoms with Crippen LogP contribution in [0.3, 0.4) is 0 Å². The van der Waals surface area contributed by atoms with Gasteiger partial charge in [0.05, 0.1) is 4.92 Å². The molecule has 0 unspecified atom stereocenters. The number of benzene rings is 2. The minimum absolute atomic E-state index is 0.0350. The number of nitro benzene ring substituents is 1. The number of rotatable bonds is 7. The van der Waals surface area contributed by atoms with Gasteiger partial charge in [-0.05, 0) is 18.2 Å². The number of fused-ring (bicyclic) bond motifs is 1. The lowest BCUT2D eigenvalue weighted by atomic mass is 10.2. The molecule has 2 aromatic carbocycles. The quantitative estimate of drug-likeness (QED) is 0.591. The summed E-state index contributed by atoms with van der Waals surface area (Å²) in [6.07, 6.45) is -0.838. The van der Waals surface area contributed by atoms with Gasteiger partial charge < -0.3 is 24.6 Å². The van der Waals surface area contributed by atoms with Crippen LogP contribution in [0.4, 0.5) is 11.4 Å². The SMILES string of the molecule is O=[N+]([O-])c1ccccc1NC[C@H](O)COc1ccc2c(c1)OCO2. The van der Waals surface area contributed by atoms with Gasteiger partial charge in [0, 0.05) is 18.7 Å². The van der Waals surface area contributed by atoms with Gasteiger partial charge in [-0.1, -0.05) is 12.1 Å². The lowest BCUT2D eigenvalue weighted by Crippen LogP contribution is -2.26. The third-order valence-corrected chi connectivity index (χ3v) is 3.42. The molecule has 0 amide bonds. The molecule has 3 rings (SSSR count). The van der Waals surface area contributed by atoms with Crippen LogP contribution in [0.25, 0.3) is 0 Å². The van der Waals surface area contributed by atoms with E-state index in [9.17, 15) is 15.2 Å². The van der Waals surface area contributed by atoms with Gasteiger partial charge in [-0.25, -0.2) is 0 Å². The maximum absolute atomic E-state index is 10.9. The number of aliphatic hydroxyl groups excluding tert-OH is 1. The predicted octanol–water partition coefficient (Wildman–Crippen LogP) is 2.18. The van der Waals surface area contributed by atoms with E-state index < -0.39 is 11.0 Å². The normalized spacial score (nSPS) is 13.4. The monoisotopic (exact) mass is 332 g/mol. The average Bonchev–Trinajstić information content (AvgIpc) is 3.06. The highest BCUT2D eigenvalue weighted by atomic mass is 16.7. The molecule has 126 valence electrons. The second-order valence-electron chi connectivity index (χ2n) is 5.14. The van der Waals surface area contributed by atoms with Crippen molar-refractivity contribution in [3.05, 3.63) is 52.6 Å². The molecule has 1 aliphatic heterocycles. The fourth-order valence-electron chi connectivity index (χ4n) is 2.23. The Morgan fingerprint density at radius 1 is 1.25 bits per heavy atom. The Labute approximate surface area is 137 Å². The van der Waals surface area contributed by atoms with E-state index in [0.717, 1.165) is 0 Å². The van der Waals surface area contributed by atoms with E-state index in [1.165, 1.54) is 6.07 Å². The van der Waals surface area contributed by atoms with Crippen molar-refractivity contribution >= 4 is 11.4 Å². The van der Waals surface area contributed by atoms with Crippen molar-refractivity contribution in [2.24, 2.45) is 0 Å². The van der Waals surface area contributed by atoms with Gasteiger partial charge in [-0.15, -0.1) is 0 Å². The number of hydrogen-bond donors (Lipinski definition) is 2. The second kappa shape index (κ2) is 7.05. The summed E-state index contributed by atoms with van der Waals surface area (Å²) < 4.78 is 16.0. The molecule has 0 aromatic heterocycles. The van der Waals surface area contributed by atoms with Crippen molar-refractivity contribution in [3.63, 3.8) is 0 Å². The summed E-state index contributed by atoms with van der Waals surface area (Å²) in [6.45, 7) is 0.337. The van der Waals surface area contributed by atoms with Gasteiger partial charge in [0.2, 0.25) is 6.79 Å². The summed E-state index contributed by atoms with van der Waals surface area (Å²) in [7, 11) is 0. The Hall–Kier alpha value is -3.00. The van der Waals surface area contributed by atoms with Gasteiger partial charge in [0.1, 0.15) is 24.1 Å². The van der Waals surface area contributed by atoms with Crippen molar-refractivity contribution in [1.29, 1.82) is 0 Å². The zero-order chi connectivity index (χ0) is 16.9. The summed E-state index contributed by atoms with van der Waals surface area (Å²) in [6, 6.07) is 11.4. The van der Waals surface area contributed by atoms with E-state index in [1.807, 2.05) is 0 Å². The zero-order valence-corrected chi connectivity index (χ0v) is 12.7. The topological polar surface area (TPSA) is 103 Å². The van der Waals surface area contributed by atoms with Crippen molar-refractivity contribution < 1.29 is 24.2 Å². The number of hydrogen-bond acceptors (Lipinski definition) is 7. The van der Waals surface area contributed by atoms with E-state index >= 15 is 0 Å². The molecule has 0 bridgehead atoms. The third-order valence-electron chi connectivity index (χ3n) is 3.42. The molecule has 1 aliphatic rings. The van der Waals surface area contributed by atoms with Crippen molar-refractivity contribution in [3.8, 4) is 17.2 Å². The van der Waals surface area contributed by atoms with E-state index in [-0.39, 0.29) is 25.6 Å². The number of nitrogens with zero attached hydrogens (tertiary/aromatic N) is 1. The van der Waals surface area contributed by atoms with Crippen LogP contribution in [0.1, 0.15) is 0 Å². The number of nitrogens with one attached hydrogen (secondary N) is 1. The molecule has 0 aliphatic carbocycles. The molecule has 1 heterocycles. The van der Waals surface area contributed by atoms with Crippen molar-refractivity contribution in [2.45, 2.75) is 6.10 Å². The Bertz CT molecular complexity index is 736. The molecule has 0 saturated heterocycles. The van der Waals surface area contributed by atoms with Crippen molar-refractivity contribution in [1.82, 2.24) is 0 Å². The van der Waals surface area contributed by atoms with E-state index in [0.29, 0.717) is 22.9 Å². The first-order valence-corrected chi connectivity index (χ1v) is 7.31. The van der Waals surface area contributed by atoms with E-state index in [1.54, 1.807) is 36.4 Å². The molecule has 2 N–H and O–H groups in total. The van der Waals surface area contributed by atoms with Gasteiger partial charge >= 0.3 is 0 Å². The Morgan fingerprint density at radius 2 is 2.04 bits per heavy atom. The lowest BCUT2D eigenvalue weighted by Gasteiger charge is -2.14. The molecule has 24 heavy (non-hydrogen) atoms. The van der Waals surface area contributed by atoms with Gasteiger partial charge in [-0.3, -0.25) is 10.1 Å². The summed E-state index contributed by atoms with van der Waals surface area (Å²) in [5.41, 5.74) is 0.311. The highest BCUT2D eigenvalue weighted by Crippen LogP contribution is 2.35. The number of para-hydroxylation sites is 2. The van der Waals surface area contributed by atoms with Crippen LogP contribution in [0.15, 0.2) is 42.5 Å². The highest BCUT2D eigenvalue weighted by molar-refractivity contribution is 5.61. The largest absolute Gasteiger partial charge is 0.491 e. The number of anilines is 1. The Morgan fingerprint density at radius 3 is 2.88 bits per heavy atom. The van der Waals surface area contributed by atoms with E-state index in [2.05, 4.69) is 5.32 Å². The van der Waals surface area contributed by atoms with Crippen LogP contribution in [0.5, 0.6) is 17.2 Å². The van der Waals surface area contributed by atoms with Crippen LogP contribution < -0.4 is 19.5 Å². The maximum atomic E-state index is 10.9. The summed E-state index contributed by atoms with van der Waals surface area (Å²) in [5, 5.41) is 23.8. The molecule has 0 fully saturated rings. The maximum Gasteiger partial charge on any atom is 0.292 e. The minimum Gasteiger partial charge on any atom is -0.491 e. The number of nitro groups is 1. The fraction of sp³-hybridized carbons (Fsp3) is 0.250. The zero-order valence-electron chi connectivity index (χ0n) is 12.7. The molecule has 0 radical (unpaired) electrons. The van der Waals surface area contributed by atoms with E-state index in [4.69, 9.17) is 14.2 Å². The Kier molecular flexibility index (Phi) is 4.66. The van der Waals surface area contributed by atoms with Crippen LogP contribution in [-0.4, -0.2) is 36.1 Å². The van der Waals surface area contributed by atoms with Crippen molar-refractivity contribution in [2.75, 3.05) is 25.3 Å². The van der Waals surface area contributed by atoms with Crippen LogP contribution >= 0.6 is 0 Å². The number of ether oxygens (including phenoxy) is 3. The second-order valence-corrected chi connectivity index (χ2v) is 5.14. The van der Waals surface area contributed by atoms with Crippen LogP contribution in [0, 0.1) is 10.1 Å². The fourth-order valence-corrected chi connectivity index (χ4v) is 2.23. The highest BCUT2D eigenvalue weighted by Gasteiger charge is 2.16. The van der Waals surface area contributed by atoms with Crippen LogP contribution in [-0.2, 0) is 0 Å². The van der Waals surface area contributed by atoms with Gasteiger partial charge in [0.25, 0.3) is 5.69 Å². The molecular weight excluding hydrogens is 316 g/mol. The first kappa shape index (κ1) is 15.9. The molecule has 8 nitrogen and oxygen atoms in total. The lowest BCUT2D eigenvalue weighted by molar-refractivity contribution is -0.384. The molecular formula is C16H16N2O6. The number of aliphatic hydroxyl groups is 1. The summed E-state index contributed by atoms with van der Waals surface area (Å²) in [4.78, 5) is 10.5. The molecule has 1 atom stereocenters. The molecule has 0 saturated carbocycles. The Balaban J connectivity index is 1.51. The standard InChI is InChI=1S/C16H16N2O6/c19-11(8-17-13-3-1-2-4-14(13)18(20)21)9-22-12-5-6-15-16(7-12)24-10-23-15/h1-7,11,17,19H,8-10H2/t11-/m0/s1. The summed E-state index contributed by atoms with van der Waals surface area (Å²) >= 11 is 0. The predicted molar refractivity (Wildman–Crippen MR) is 85.7 cm³/mol. The molecule has 2 aromatic rings. The smallest absolute Gasteiger partial charge is 0.292 e. The molecule has 8 heteroatoms. The van der Waals surface area contributed by atoms with Crippen LogP contribution in [0.2, 0.25) is 0 Å². The molecule has 0 spiro atoms. The average molecular weight is 332 g/mol. The minimum atomic E-state index is -0.838.